The highest BCUT2D eigenvalue weighted by molar-refractivity contribution is 4.92. The van der Waals surface area contributed by atoms with Crippen molar-refractivity contribution in [1.29, 1.82) is 0 Å². The number of rotatable bonds is 6. The van der Waals surface area contributed by atoms with Crippen LogP contribution in [0.5, 0.6) is 0 Å². The van der Waals surface area contributed by atoms with Crippen molar-refractivity contribution in [3.8, 4) is 0 Å². The summed E-state index contributed by atoms with van der Waals surface area (Å²) in [5, 5.41) is 3.92. The molecule has 0 amide bonds. The van der Waals surface area contributed by atoms with Gasteiger partial charge in [-0.2, -0.15) is 0 Å². The van der Waals surface area contributed by atoms with Gasteiger partial charge >= 0.3 is 0 Å². The molecule has 2 fully saturated rings. The van der Waals surface area contributed by atoms with Gasteiger partial charge in [-0.25, -0.2) is 0 Å². The average Bonchev–Trinajstić information content (AvgIpc) is 2.53. The standard InChI is InChI=1S/C19H38N2/c1-5-16(6-2)13-21-14-18(17-10-8-7-9-11-17)20-12-19(21)15(3)4/h15-20H,5-14H2,1-4H3. The molecule has 124 valence electrons. The number of piperazine rings is 1. The quantitative estimate of drug-likeness (QED) is 0.785. The Morgan fingerprint density at radius 1 is 1.05 bits per heavy atom. The zero-order chi connectivity index (χ0) is 15.2. The number of hydrogen-bond donors (Lipinski definition) is 1. The van der Waals surface area contributed by atoms with Crippen molar-refractivity contribution in [3.63, 3.8) is 0 Å². The van der Waals surface area contributed by atoms with E-state index < -0.39 is 0 Å². The molecule has 2 rings (SSSR count). The molecule has 0 aromatic rings. The second-order valence-corrected chi connectivity index (χ2v) is 7.86. The smallest absolute Gasteiger partial charge is 0.0244 e. The summed E-state index contributed by atoms with van der Waals surface area (Å²) in [5.41, 5.74) is 0. The summed E-state index contributed by atoms with van der Waals surface area (Å²) in [7, 11) is 0. The Balaban J connectivity index is 1.97. The minimum Gasteiger partial charge on any atom is -0.311 e. The Morgan fingerprint density at radius 3 is 2.29 bits per heavy atom. The van der Waals surface area contributed by atoms with E-state index in [1.54, 1.807) is 0 Å². The molecule has 0 aromatic heterocycles. The molecule has 1 aliphatic heterocycles. The van der Waals surface area contributed by atoms with E-state index in [1.807, 2.05) is 0 Å². The lowest BCUT2D eigenvalue weighted by Crippen LogP contribution is -2.61. The van der Waals surface area contributed by atoms with Crippen molar-refractivity contribution in [3.05, 3.63) is 0 Å². The molecule has 21 heavy (non-hydrogen) atoms. The van der Waals surface area contributed by atoms with Gasteiger partial charge in [-0.05, 0) is 30.6 Å². The minimum atomic E-state index is 0.741. The fraction of sp³-hybridized carbons (Fsp3) is 1.00. The summed E-state index contributed by atoms with van der Waals surface area (Å²) in [6.45, 7) is 13.3. The van der Waals surface area contributed by atoms with Gasteiger partial charge in [-0.15, -0.1) is 0 Å². The van der Waals surface area contributed by atoms with E-state index in [1.165, 1.54) is 64.6 Å². The van der Waals surface area contributed by atoms with Crippen LogP contribution >= 0.6 is 0 Å². The molecule has 2 aliphatic rings. The third-order valence-electron chi connectivity index (χ3n) is 6.13. The molecule has 1 saturated heterocycles. The van der Waals surface area contributed by atoms with E-state index in [-0.39, 0.29) is 0 Å². The molecule has 2 atom stereocenters. The molecule has 0 bridgehead atoms. The Labute approximate surface area is 133 Å². The van der Waals surface area contributed by atoms with Crippen LogP contribution in [0.25, 0.3) is 0 Å². The molecule has 1 saturated carbocycles. The van der Waals surface area contributed by atoms with E-state index in [0.717, 1.165) is 29.8 Å². The molecule has 1 N–H and O–H groups in total. The fourth-order valence-electron chi connectivity index (χ4n) is 4.45. The third kappa shape index (κ3) is 4.69. The highest BCUT2D eigenvalue weighted by Gasteiger charge is 2.34. The lowest BCUT2D eigenvalue weighted by Gasteiger charge is -2.46. The maximum Gasteiger partial charge on any atom is 0.0244 e. The monoisotopic (exact) mass is 294 g/mol. The molecule has 2 nitrogen and oxygen atoms in total. The maximum atomic E-state index is 3.92. The average molecular weight is 295 g/mol. The largest absolute Gasteiger partial charge is 0.311 e. The highest BCUT2D eigenvalue weighted by Crippen LogP contribution is 2.30. The van der Waals surface area contributed by atoms with Crippen LogP contribution in [-0.4, -0.2) is 36.6 Å². The van der Waals surface area contributed by atoms with Crippen LogP contribution in [0.2, 0.25) is 0 Å². The zero-order valence-electron chi connectivity index (χ0n) is 14.9. The van der Waals surface area contributed by atoms with Crippen LogP contribution < -0.4 is 5.32 Å². The first kappa shape index (κ1) is 17.3. The predicted molar refractivity (Wildman–Crippen MR) is 92.6 cm³/mol. The second-order valence-electron chi connectivity index (χ2n) is 7.86. The Morgan fingerprint density at radius 2 is 1.71 bits per heavy atom. The van der Waals surface area contributed by atoms with Crippen molar-refractivity contribution in [2.24, 2.45) is 17.8 Å². The van der Waals surface area contributed by atoms with E-state index >= 15 is 0 Å². The molecule has 2 heteroatoms. The van der Waals surface area contributed by atoms with Crippen molar-refractivity contribution < 1.29 is 0 Å². The summed E-state index contributed by atoms with van der Waals surface area (Å²) in [5.74, 6) is 2.59. The predicted octanol–water partition coefficient (Wildman–Crippen LogP) is 4.30. The number of nitrogens with one attached hydrogen (secondary N) is 1. The summed E-state index contributed by atoms with van der Waals surface area (Å²) in [6.07, 6.45) is 9.98. The molecule has 1 aliphatic carbocycles. The van der Waals surface area contributed by atoms with E-state index in [9.17, 15) is 0 Å². The van der Waals surface area contributed by atoms with Crippen molar-refractivity contribution >= 4 is 0 Å². The summed E-state index contributed by atoms with van der Waals surface area (Å²) < 4.78 is 0. The van der Waals surface area contributed by atoms with Crippen molar-refractivity contribution in [2.45, 2.75) is 84.7 Å². The Kier molecular flexibility index (Phi) is 7.01. The number of hydrogen-bond acceptors (Lipinski definition) is 2. The molecule has 1 heterocycles. The maximum absolute atomic E-state index is 3.92. The normalized spacial score (nSPS) is 29.4. The van der Waals surface area contributed by atoms with Gasteiger partial charge in [0.2, 0.25) is 0 Å². The topological polar surface area (TPSA) is 15.3 Å². The van der Waals surface area contributed by atoms with E-state index in [4.69, 9.17) is 0 Å². The Bertz CT molecular complexity index is 279. The summed E-state index contributed by atoms with van der Waals surface area (Å²) in [6, 6.07) is 1.50. The van der Waals surface area contributed by atoms with Crippen LogP contribution in [0.3, 0.4) is 0 Å². The van der Waals surface area contributed by atoms with Crippen LogP contribution in [0, 0.1) is 17.8 Å². The molecular formula is C19H38N2. The Hall–Kier alpha value is -0.0800. The molecule has 2 unspecified atom stereocenters. The van der Waals surface area contributed by atoms with Gasteiger partial charge < -0.3 is 5.32 Å². The van der Waals surface area contributed by atoms with Crippen LogP contribution in [0.4, 0.5) is 0 Å². The first-order chi connectivity index (χ1) is 10.2. The van der Waals surface area contributed by atoms with Gasteiger partial charge in [0.25, 0.3) is 0 Å². The summed E-state index contributed by atoms with van der Waals surface area (Å²) >= 11 is 0. The first-order valence-electron chi connectivity index (χ1n) is 9.63. The van der Waals surface area contributed by atoms with Crippen LogP contribution in [-0.2, 0) is 0 Å². The van der Waals surface area contributed by atoms with Crippen molar-refractivity contribution in [2.75, 3.05) is 19.6 Å². The number of nitrogens with zero attached hydrogens (tertiary/aromatic N) is 1. The molecule has 0 aromatic carbocycles. The third-order valence-corrected chi connectivity index (χ3v) is 6.13. The molecular weight excluding hydrogens is 256 g/mol. The van der Waals surface area contributed by atoms with Crippen LogP contribution in [0.15, 0.2) is 0 Å². The SMILES string of the molecule is CCC(CC)CN1CC(C2CCCCC2)NCC1C(C)C. The second kappa shape index (κ2) is 8.53. The van der Waals surface area contributed by atoms with Crippen molar-refractivity contribution in [1.82, 2.24) is 10.2 Å². The zero-order valence-corrected chi connectivity index (χ0v) is 14.9. The van der Waals surface area contributed by atoms with Gasteiger partial charge in [0.15, 0.2) is 0 Å². The van der Waals surface area contributed by atoms with Gasteiger partial charge in [0.1, 0.15) is 0 Å². The van der Waals surface area contributed by atoms with Gasteiger partial charge in [0, 0.05) is 31.7 Å². The molecule has 0 radical (unpaired) electrons. The fourth-order valence-corrected chi connectivity index (χ4v) is 4.45. The van der Waals surface area contributed by atoms with Crippen LogP contribution in [0.1, 0.15) is 72.6 Å². The van der Waals surface area contributed by atoms with E-state index in [2.05, 4.69) is 37.9 Å². The van der Waals surface area contributed by atoms with Gasteiger partial charge in [0.05, 0.1) is 0 Å². The first-order valence-corrected chi connectivity index (χ1v) is 9.63. The van der Waals surface area contributed by atoms with Gasteiger partial charge in [-0.3, -0.25) is 4.90 Å². The van der Waals surface area contributed by atoms with Gasteiger partial charge in [-0.1, -0.05) is 59.8 Å². The molecule has 0 spiro atoms. The summed E-state index contributed by atoms with van der Waals surface area (Å²) in [4.78, 5) is 2.85. The highest BCUT2D eigenvalue weighted by atomic mass is 15.2. The minimum absolute atomic E-state index is 0.741. The lowest BCUT2D eigenvalue weighted by molar-refractivity contribution is 0.0576. The lowest BCUT2D eigenvalue weighted by atomic mass is 9.82. The van der Waals surface area contributed by atoms with E-state index in [0.29, 0.717) is 0 Å².